The van der Waals surface area contributed by atoms with Gasteiger partial charge in [0.25, 0.3) is 0 Å². The van der Waals surface area contributed by atoms with Crippen molar-refractivity contribution in [3.8, 4) is 0 Å². The molecule has 0 spiro atoms. The number of rotatable bonds is 6. The highest BCUT2D eigenvalue weighted by Crippen LogP contribution is 2.23. The Hall–Kier alpha value is -1.14. The van der Waals surface area contributed by atoms with Crippen molar-refractivity contribution in [3.05, 3.63) is 35.6 Å². The summed E-state index contributed by atoms with van der Waals surface area (Å²) in [6, 6.07) is 4.46. The molecule has 0 saturated carbocycles. The van der Waals surface area contributed by atoms with Gasteiger partial charge < -0.3 is 5.73 Å². The van der Waals surface area contributed by atoms with E-state index in [4.69, 9.17) is 5.73 Å². The predicted octanol–water partition coefficient (Wildman–Crippen LogP) is 3.49. The van der Waals surface area contributed by atoms with E-state index in [2.05, 4.69) is 0 Å². The molecule has 2 N–H and O–H groups in total. The lowest BCUT2D eigenvalue weighted by atomic mass is 10.00. The molecule has 2 atom stereocenters. The maximum atomic E-state index is 12.9. The molecule has 0 saturated heterocycles. The summed E-state index contributed by atoms with van der Waals surface area (Å²) in [5, 5.41) is 0. The van der Waals surface area contributed by atoms with Crippen LogP contribution in [0.4, 0.5) is 17.6 Å². The van der Waals surface area contributed by atoms with Gasteiger partial charge in [0.15, 0.2) is 0 Å². The largest absolute Gasteiger partial charge is 0.401 e. The van der Waals surface area contributed by atoms with E-state index in [1.54, 1.807) is 6.92 Å². The number of benzene rings is 1. The van der Waals surface area contributed by atoms with Gasteiger partial charge in [0.2, 0.25) is 0 Å². The molecule has 6 heteroatoms. The van der Waals surface area contributed by atoms with Crippen molar-refractivity contribution >= 4 is 0 Å². The minimum atomic E-state index is -4.26. The van der Waals surface area contributed by atoms with Gasteiger partial charge in [0.1, 0.15) is 5.82 Å². The second kappa shape index (κ2) is 7.04. The molecule has 20 heavy (non-hydrogen) atoms. The lowest BCUT2D eigenvalue weighted by Crippen LogP contribution is -2.45. The zero-order chi connectivity index (χ0) is 15.3. The van der Waals surface area contributed by atoms with E-state index in [0.29, 0.717) is 18.5 Å². The van der Waals surface area contributed by atoms with Crippen LogP contribution in [0.1, 0.15) is 31.9 Å². The van der Waals surface area contributed by atoms with E-state index in [0.717, 1.165) is 0 Å². The van der Waals surface area contributed by atoms with Crippen LogP contribution in [-0.4, -0.2) is 30.2 Å². The van der Waals surface area contributed by atoms with Crippen LogP contribution in [0, 0.1) is 5.82 Å². The summed E-state index contributed by atoms with van der Waals surface area (Å²) in [5.41, 5.74) is 6.63. The molecule has 0 aliphatic rings. The van der Waals surface area contributed by atoms with Crippen LogP contribution < -0.4 is 5.73 Å². The van der Waals surface area contributed by atoms with E-state index in [1.807, 2.05) is 6.92 Å². The average Bonchev–Trinajstić information content (AvgIpc) is 2.36. The molecule has 0 amide bonds. The molecule has 0 fully saturated rings. The highest BCUT2D eigenvalue weighted by molar-refractivity contribution is 5.21. The van der Waals surface area contributed by atoms with E-state index in [1.165, 1.54) is 29.2 Å². The Morgan fingerprint density at radius 3 is 2.20 bits per heavy atom. The first kappa shape index (κ1) is 16.9. The Bertz CT molecular complexity index is 403. The number of alkyl halides is 3. The van der Waals surface area contributed by atoms with Crippen molar-refractivity contribution in [1.82, 2.24) is 4.90 Å². The van der Waals surface area contributed by atoms with Crippen LogP contribution in [0.2, 0.25) is 0 Å². The Kier molecular flexibility index (Phi) is 5.95. The van der Waals surface area contributed by atoms with Gasteiger partial charge in [-0.3, -0.25) is 4.90 Å². The van der Waals surface area contributed by atoms with Gasteiger partial charge >= 0.3 is 6.18 Å². The number of nitrogens with zero attached hydrogens (tertiary/aromatic N) is 1. The predicted molar refractivity (Wildman–Crippen MR) is 70.7 cm³/mol. The van der Waals surface area contributed by atoms with E-state index < -0.39 is 30.6 Å². The monoisotopic (exact) mass is 292 g/mol. The molecule has 2 nitrogen and oxygen atoms in total. The first-order valence-electron chi connectivity index (χ1n) is 6.56. The highest BCUT2D eigenvalue weighted by Gasteiger charge is 2.34. The minimum Gasteiger partial charge on any atom is -0.323 e. The van der Waals surface area contributed by atoms with Crippen molar-refractivity contribution in [2.75, 3.05) is 13.1 Å². The maximum absolute atomic E-state index is 12.9. The molecular formula is C14H20F4N2. The zero-order valence-electron chi connectivity index (χ0n) is 11.6. The molecule has 0 aliphatic carbocycles. The zero-order valence-corrected chi connectivity index (χ0v) is 11.6. The van der Waals surface area contributed by atoms with Gasteiger partial charge in [-0.15, -0.1) is 0 Å². The summed E-state index contributed by atoms with van der Waals surface area (Å²) in [5.74, 6) is -0.394. The molecule has 0 aliphatic heterocycles. The SMILES string of the molecule is CCCN(CC(F)(F)F)C(C)C(N)c1ccc(F)cc1. The van der Waals surface area contributed by atoms with Crippen LogP contribution in [0.25, 0.3) is 0 Å². The lowest BCUT2D eigenvalue weighted by Gasteiger charge is -2.33. The molecule has 0 aromatic heterocycles. The second-order valence-electron chi connectivity index (χ2n) is 4.90. The number of hydrogen-bond acceptors (Lipinski definition) is 2. The van der Waals surface area contributed by atoms with Crippen LogP contribution in [0.5, 0.6) is 0 Å². The highest BCUT2D eigenvalue weighted by atomic mass is 19.4. The summed E-state index contributed by atoms with van der Waals surface area (Å²) < 4.78 is 50.6. The van der Waals surface area contributed by atoms with Crippen LogP contribution in [0.3, 0.4) is 0 Å². The first-order chi connectivity index (χ1) is 9.24. The smallest absolute Gasteiger partial charge is 0.323 e. The summed E-state index contributed by atoms with van der Waals surface area (Å²) >= 11 is 0. The van der Waals surface area contributed by atoms with E-state index >= 15 is 0 Å². The standard InChI is InChI=1S/C14H20F4N2/c1-3-8-20(9-14(16,17)18)10(2)13(19)11-4-6-12(15)7-5-11/h4-7,10,13H,3,8-9,19H2,1-2H3. The van der Waals surface area contributed by atoms with Gasteiger partial charge in [0, 0.05) is 12.1 Å². The fourth-order valence-corrected chi connectivity index (χ4v) is 2.13. The summed E-state index contributed by atoms with van der Waals surface area (Å²) in [6.45, 7) is 2.81. The molecule has 0 bridgehead atoms. The maximum Gasteiger partial charge on any atom is 0.401 e. The average molecular weight is 292 g/mol. The molecule has 1 rings (SSSR count). The third-order valence-electron chi connectivity index (χ3n) is 3.24. The van der Waals surface area contributed by atoms with Gasteiger partial charge in [-0.2, -0.15) is 13.2 Å². The number of hydrogen-bond donors (Lipinski definition) is 1. The van der Waals surface area contributed by atoms with Crippen molar-refractivity contribution < 1.29 is 17.6 Å². The Balaban J connectivity index is 2.82. The molecule has 0 heterocycles. The van der Waals surface area contributed by atoms with Crippen molar-refractivity contribution in [3.63, 3.8) is 0 Å². The van der Waals surface area contributed by atoms with E-state index in [9.17, 15) is 17.6 Å². The number of halogens is 4. The topological polar surface area (TPSA) is 29.3 Å². The minimum absolute atomic E-state index is 0.315. The normalized spacial score (nSPS) is 15.4. The van der Waals surface area contributed by atoms with Crippen molar-refractivity contribution in [2.45, 2.75) is 38.5 Å². The Labute approximate surface area is 116 Å². The molecule has 114 valence electrons. The van der Waals surface area contributed by atoms with E-state index in [-0.39, 0.29) is 0 Å². The lowest BCUT2D eigenvalue weighted by molar-refractivity contribution is -0.151. The number of nitrogens with two attached hydrogens (primary N) is 1. The second-order valence-corrected chi connectivity index (χ2v) is 4.90. The quantitative estimate of drug-likeness (QED) is 0.813. The van der Waals surface area contributed by atoms with Gasteiger partial charge in [-0.25, -0.2) is 4.39 Å². The van der Waals surface area contributed by atoms with Crippen molar-refractivity contribution in [2.24, 2.45) is 5.73 Å². The fourth-order valence-electron chi connectivity index (χ4n) is 2.13. The van der Waals surface area contributed by atoms with Gasteiger partial charge in [0.05, 0.1) is 6.54 Å². The summed E-state index contributed by atoms with van der Waals surface area (Å²) in [7, 11) is 0. The molecule has 1 aromatic rings. The van der Waals surface area contributed by atoms with Gasteiger partial charge in [-0.05, 0) is 37.6 Å². The summed E-state index contributed by atoms with van der Waals surface area (Å²) in [6.07, 6.45) is -3.65. The van der Waals surface area contributed by atoms with Crippen molar-refractivity contribution in [1.29, 1.82) is 0 Å². The Morgan fingerprint density at radius 2 is 1.75 bits per heavy atom. The van der Waals surface area contributed by atoms with Gasteiger partial charge in [-0.1, -0.05) is 19.1 Å². The van der Waals surface area contributed by atoms with Crippen LogP contribution in [0.15, 0.2) is 24.3 Å². The third kappa shape index (κ3) is 5.09. The van der Waals surface area contributed by atoms with Crippen LogP contribution in [-0.2, 0) is 0 Å². The molecule has 0 radical (unpaired) electrons. The fraction of sp³-hybridized carbons (Fsp3) is 0.571. The Morgan fingerprint density at radius 1 is 1.20 bits per heavy atom. The van der Waals surface area contributed by atoms with Crippen LogP contribution >= 0.6 is 0 Å². The first-order valence-corrected chi connectivity index (χ1v) is 6.56. The molecule has 1 aromatic carbocycles. The molecule has 2 unspecified atom stereocenters. The molecular weight excluding hydrogens is 272 g/mol. The summed E-state index contributed by atoms with van der Waals surface area (Å²) in [4.78, 5) is 1.31. The third-order valence-corrected chi connectivity index (χ3v) is 3.24.